The fraction of sp³-hybridized carbons (Fsp3) is 0.500. The molecular weight excluding hydrogens is 292 g/mol. The van der Waals surface area contributed by atoms with Gasteiger partial charge in [0.25, 0.3) is 5.91 Å². The van der Waals surface area contributed by atoms with Crippen LogP contribution in [0.15, 0.2) is 17.5 Å². The summed E-state index contributed by atoms with van der Waals surface area (Å²) in [6.45, 7) is 2.21. The molecule has 2 atom stereocenters. The largest absolute Gasteiger partial charge is 0.481 e. The first-order valence-corrected chi connectivity index (χ1v) is 7.71. The van der Waals surface area contributed by atoms with Crippen molar-refractivity contribution in [1.29, 1.82) is 0 Å². The van der Waals surface area contributed by atoms with E-state index in [-0.39, 0.29) is 30.3 Å². The van der Waals surface area contributed by atoms with Crippen molar-refractivity contribution < 1.29 is 19.5 Å². The summed E-state index contributed by atoms with van der Waals surface area (Å²) < 4.78 is 0. The molecule has 114 valence electrons. The van der Waals surface area contributed by atoms with E-state index in [0.29, 0.717) is 24.3 Å². The van der Waals surface area contributed by atoms with Crippen molar-refractivity contribution in [2.45, 2.75) is 25.8 Å². The number of aliphatic carboxylic acids is 1. The second-order valence-electron chi connectivity index (χ2n) is 5.16. The molecule has 0 aliphatic carbocycles. The van der Waals surface area contributed by atoms with E-state index in [4.69, 9.17) is 5.11 Å². The standard InChI is InChI=1S/C14H18N2O4S/c1-9-7-10(14(19)20)4-5-16(9)12(17)8-15-13(18)11-3-2-6-21-11/h2-3,6,9-10H,4-5,7-8H2,1H3,(H,15,18)(H,19,20). The summed E-state index contributed by atoms with van der Waals surface area (Å²) in [4.78, 5) is 37.1. The number of thiophene rings is 1. The summed E-state index contributed by atoms with van der Waals surface area (Å²) in [5.74, 6) is -1.62. The van der Waals surface area contributed by atoms with Crippen LogP contribution in [0, 0.1) is 5.92 Å². The maximum absolute atomic E-state index is 12.1. The molecule has 7 heteroatoms. The SMILES string of the molecule is CC1CC(C(=O)O)CCN1C(=O)CNC(=O)c1cccs1. The Morgan fingerprint density at radius 3 is 2.81 bits per heavy atom. The first kappa shape index (κ1) is 15.5. The van der Waals surface area contributed by atoms with Crippen LogP contribution in [0.4, 0.5) is 0 Å². The van der Waals surface area contributed by atoms with Crippen LogP contribution < -0.4 is 5.32 Å². The molecule has 2 heterocycles. The van der Waals surface area contributed by atoms with Crippen LogP contribution >= 0.6 is 11.3 Å². The van der Waals surface area contributed by atoms with E-state index in [0.717, 1.165) is 0 Å². The van der Waals surface area contributed by atoms with Gasteiger partial charge in [0.15, 0.2) is 0 Å². The van der Waals surface area contributed by atoms with Gasteiger partial charge in [0, 0.05) is 12.6 Å². The number of nitrogens with zero attached hydrogens (tertiary/aromatic N) is 1. The van der Waals surface area contributed by atoms with E-state index in [9.17, 15) is 14.4 Å². The summed E-state index contributed by atoms with van der Waals surface area (Å²) in [6.07, 6.45) is 0.921. The molecular formula is C14H18N2O4S. The number of carbonyl (C=O) groups excluding carboxylic acids is 2. The molecule has 0 spiro atoms. The minimum atomic E-state index is -0.806. The Labute approximate surface area is 126 Å². The van der Waals surface area contributed by atoms with Gasteiger partial charge in [-0.25, -0.2) is 0 Å². The van der Waals surface area contributed by atoms with Crippen LogP contribution in [0.1, 0.15) is 29.4 Å². The summed E-state index contributed by atoms with van der Waals surface area (Å²) in [6, 6.07) is 3.36. The smallest absolute Gasteiger partial charge is 0.306 e. The molecule has 0 radical (unpaired) electrons. The van der Waals surface area contributed by atoms with Crippen LogP contribution in [0.25, 0.3) is 0 Å². The lowest BCUT2D eigenvalue weighted by Gasteiger charge is -2.36. The van der Waals surface area contributed by atoms with Gasteiger partial charge in [-0.1, -0.05) is 6.07 Å². The fourth-order valence-electron chi connectivity index (χ4n) is 2.52. The van der Waals surface area contributed by atoms with Crippen molar-refractivity contribution in [2.75, 3.05) is 13.1 Å². The van der Waals surface area contributed by atoms with Gasteiger partial charge in [0.1, 0.15) is 0 Å². The highest BCUT2D eigenvalue weighted by atomic mass is 32.1. The van der Waals surface area contributed by atoms with Gasteiger partial charge < -0.3 is 15.3 Å². The molecule has 2 unspecified atom stereocenters. The summed E-state index contributed by atoms with van der Waals surface area (Å²) in [5, 5.41) is 13.4. The van der Waals surface area contributed by atoms with E-state index in [2.05, 4.69) is 5.32 Å². The monoisotopic (exact) mass is 310 g/mol. The number of rotatable bonds is 4. The van der Waals surface area contributed by atoms with Gasteiger partial charge in [-0.15, -0.1) is 11.3 Å². The second kappa shape index (κ2) is 6.71. The molecule has 1 aliphatic rings. The molecule has 0 aromatic carbocycles. The van der Waals surface area contributed by atoms with Gasteiger partial charge in [0.05, 0.1) is 17.3 Å². The zero-order chi connectivity index (χ0) is 15.4. The average molecular weight is 310 g/mol. The Hall–Kier alpha value is -1.89. The van der Waals surface area contributed by atoms with E-state index in [1.807, 2.05) is 6.92 Å². The summed E-state index contributed by atoms with van der Waals surface area (Å²) in [5.41, 5.74) is 0. The zero-order valence-corrected chi connectivity index (χ0v) is 12.6. The molecule has 0 bridgehead atoms. The van der Waals surface area contributed by atoms with Gasteiger partial charge in [0.2, 0.25) is 5.91 Å². The Morgan fingerprint density at radius 1 is 1.48 bits per heavy atom. The van der Waals surface area contributed by atoms with Crippen molar-refractivity contribution in [1.82, 2.24) is 10.2 Å². The highest BCUT2D eigenvalue weighted by Gasteiger charge is 2.32. The normalized spacial score (nSPS) is 21.9. The third-order valence-corrected chi connectivity index (χ3v) is 4.56. The Balaban J connectivity index is 1.84. The summed E-state index contributed by atoms with van der Waals surface area (Å²) in [7, 11) is 0. The molecule has 2 amide bonds. The van der Waals surface area contributed by atoms with Crippen molar-refractivity contribution in [3.8, 4) is 0 Å². The first-order chi connectivity index (χ1) is 9.99. The number of nitrogens with one attached hydrogen (secondary N) is 1. The first-order valence-electron chi connectivity index (χ1n) is 6.83. The average Bonchev–Trinajstić information content (AvgIpc) is 2.98. The lowest BCUT2D eigenvalue weighted by Crippen LogP contribution is -2.49. The predicted molar refractivity (Wildman–Crippen MR) is 78.2 cm³/mol. The van der Waals surface area contributed by atoms with Crippen LogP contribution in [-0.2, 0) is 9.59 Å². The Kier molecular flexibility index (Phi) is 4.95. The number of carbonyl (C=O) groups is 3. The molecule has 1 aromatic heterocycles. The molecule has 21 heavy (non-hydrogen) atoms. The lowest BCUT2D eigenvalue weighted by molar-refractivity contribution is -0.147. The minimum absolute atomic E-state index is 0.0567. The number of hydrogen-bond acceptors (Lipinski definition) is 4. The fourth-order valence-corrected chi connectivity index (χ4v) is 3.16. The number of piperidine rings is 1. The maximum atomic E-state index is 12.1. The zero-order valence-electron chi connectivity index (χ0n) is 11.7. The molecule has 2 rings (SSSR count). The van der Waals surface area contributed by atoms with Crippen molar-refractivity contribution in [3.05, 3.63) is 22.4 Å². The van der Waals surface area contributed by atoms with Gasteiger partial charge in [-0.3, -0.25) is 14.4 Å². The number of amides is 2. The third-order valence-electron chi connectivity index (χ3n) is 3.69. The van der Waals surface area contributed by atoms with Crippen molar-refractivity contribution in [3.63, 3.8) is 0 Å². The van der Waals surface area contributed by atoms with E-state index >= 15 is 0 Å². The van der Waals surface area contributed by atoms with Crippen molar-refractivity contribution in [2.24, 2.45) is 5.92 Å². The number of carboxylic acids is 1. The van der Waals surface area contributed by atoms with Crippen LogP contribution in [0.2, 0.25) is 0 Å². The Bertz CT molecular complexity index is 529. The number of carboxylic acid groups (broad SMARTS) is 1. The molecule has 6 nitrogen and oxygen atoms in total. The van der Waals surface area contributed by atoms with E-state index in [1.165, 1.54) is 11.3 Å². The second-order valence-corrected chi connectivity index (χ2v) is 6.10. The van der Waals surface area contributed by atoms with E-state index in [1.54, 1.807) is 22.4 Å². The molecule has 0 saturated carbocycles. The highest BCUT2D eigenvalue weighted by molar-refractivity contribution is 7.12. The topological polar surface area (TPSA) is 86.7 Å². The highest BCUT2D eigenvalue weighted by Crippen LogP contribution is 2.22. The van der Waals surface area contributed by atoms with Crippen LogP contribution in [-0.4, -0.2) is 46.9 Å². The third kappa shape index (κ3) is 3.81. The molecule has 1 aliphatic heterocycles. The number of likely N-dealkylation sites (tertiary alicyclic amines) is 1. The van der Waals surface area contributed by atoms with Crippen LogP contribution in [0.5, 0.6) is 0 Å². The van der Waals surface area contributed by atoms with Gasteiger partial charge in [-0.05, 0) is 31.2 Å². The molecule has 1 aromatic rings. The van der Waals surface area contributed by atoms with Crippen molar-refractivity contribution >= 4 is 29.1 Å². The van der Waals surface area contributed by atoms with Gasteiger partial charge in [-0.2, -0.15) is 0 Å². The van der Waals surface area contributed by atoms with Crippen LogP contribution in [0.3, 0.4) is 0 Å². The molecule has 2 N–H and O–H groups in total. The molecule has 1 fully saturated rings. The lowest BCUT2D eigenvalue weighted by atomic mass is 9.92. The minimum Gasteiger partial charge on any atom is -0.481 e. The summed E-state index contributed by atoms with van der Waals surface area (Å²) >= 11 is 1.32. The van der Waals surface area contributed by atoms with Gasteiger partial charge >= 0.3 is 5.97 Å². The predicted octanol–water partition coefficient (Wildman–Crippen LogP) is 1.19. The number of hydrogen-bond donors (Lipinski definition) is 2. The van der Waals surface area contributed by atoms with E-state index < -0.39 is 5.97 Å². The quantitative estimate of drug-likeness (QED) is 0.874. The Morgan fingerprint density at radius 2 is 2.24 bits per heavy atom. The molecule has 1 saturated heterocycles. The maximum Gasteiger partial charge on any atom is 0.306 e.